The van der Waals surface area contributed by atoms with Gasteiger partial charge in [0.25, 0.3) is 0 Å². The summed E-state index contributed by atoms with van der Waals surface area (Å²) < 4.78 is 1.99. The molecule has 1 unspecified atom stereocenters. The van der Waals surface area contributed by atoms with Gasteiger partial charge in [-0.1, -0.05) is 25.1 Å². The lowest BCUT2D eigenvalue weighted by molar-refractivity contribution is 0.0577. The van der Waals surface area contributed by atoms with Crippen LogP contribution >= 0.6 is 0 Å². The normalized spacial score (nSPS) is 13.1. The summed E-state index contributed by atoms with van der Waals surface area (Å²) in [6.07, 6.45) is 2.48. The van der Waals surface area contributed by atoms with Crippen LogP contribution in [0.1, 0.15) is 58.2 Å². The number of hydrogen-bond acceptors (Lipinski definition) is 7. The zero-order valence-electron chi connectivity index (χ0n) is 18.6. The van der Waals surface area contributed by atoms with Gasteiger partial charge in [-0.15, -0.1) is 0 Å². The number of aromatic nitrogens is 4. The van der Waals surface area contributed by atoms with Crippen LogP contribution in [0.25, 0.3) is 11.2 Å². The number of aromatic hydroxyl groups is 1. The Morgan fingerprint density at radius 1 is 1.20 bits per heavy atom. The molecule has 0 bridgehead atoms. The number of nitrogens with one attached hydrogen (secondary N) is 2. The molecule has 2 aromatic heterocycles. The van der Waals surface area contributed by atoms with E-state index in [0.29, 0.717) is 35.9 Å². The monoisotopic (exact) mass is 412 g/mol. The molecular weight excluding hydrogens is 380 g/mol. The number of rotatable bonds is 8. The maximum atomic E-state index is 10.5. The fourth-order valence-corrected chi connectivity index (χ4v) is 3.46. The van der Waals surface area contributed by atoms with Crippen molar-refractivity contribution >= 4 is 22.9 Å². The Hall–Kier alpha value is -2.87. The van der Waals surface area contributed by atoms with Gasteiger partial charge in [0, 0.05) is 18.2 Å². The Balaban J connectivity index is 2.00. The maximum absolute atomic E-state index is 10.5. The number of phenols is 1. The molecule has 1 aromatic carbocycles. The van der Waals surface area contributed by atoms with E-state index < -0.39 is 5.60 Å². The quantitative estimate of drug-likeness (QED) is 0.443. The van der Waals surface area contributed by atoms with Crippen molar-refractivity contribution < 1.29 is 10.2 Å². The molecule has 3 aromatic rings. The maximum Gasteiger partial charge on any atom is 0.227 e. The number of fused-ring (bicyclic) bond motifs is 1. The SMILES string of the molecule is CCC(Nc1nc(NCc2cccc(C)c2O)c2ncn(C(C)C)c2n1)C(C)(C)O. The average molecular weight is 413 g/mol. The van der Waals surface area contributed by atoms with Crippen molar-refractivity contribution in [1.29, 1.82) is 0 Å². The van der Waals surface area contributed by atoms with Crippen LogP contribution < -0.4 is 10.6 Å². The van der Waals surface area contributed by atoms with Crippen LogP contribution in [0.15, 0.2) is 24.5 Å². The first-order valence-electron chi connectivity index (χ1n) is 10.4. The molecule has 1 atom stereocenters. The van der Waals surface area contributed by atoms with Crippen LogP contribution in [0.4, 0.5) is 11.8 Å². The third-order valence-electron chi connectivity index (χ3n) is 5.31. The number of anilines is 2. The summed E-state index contributed by atoms with van der Waals surface area (Å²) in [6, 6.07) is 5.63. The fourth-order valence-electron chi connectivity index (χ4n) is 3.46. The molecule has 3 rings (SSSR count). The molecule has 0 saturated carbocycles. The number of aryl methyl sites for hydroxylation is 1. The van der Waals surface area contributed by atoms with Crippen LogP contribution in [0.2, 0.25) is 0 Å². The summed E-state index contributed by atoms with van der Waals surface area (Å²) in [6.45, 7) is 12.0. The standard InChI is InChI=1S/C22H32N6O2/c1-7-16(22(5,6)30)25-21-26-19(17-20(27-21)28(12-24-17)13(2)3)23-11-15-10-8-9-14(4)18(15)29/h8-10,12-13,16,29-30H,7,11H2,1-6H3,(H2,23,25,26,27). The Kier molecular flexibility index (Phi) is 6.17. The zero-order valence-corrected chi connectivity index (χ0v) is 18.6. The van der Waals surface area contributed by atoms with E-state index in [4.69, 9.17) is 0 Å². The second-order valence-corrected chi connectivity index (χ2v) is 8.51. The molecule has 0 aliphatic carbocycles. The highest BCUT2D eigenvalue weighted by molar-refractivity contribution is 5.84. The largest absolute Gasteiger partial charge is 0.507 e. The molecule has 0 radical (unpaired) electrons. The number of benzene rings is 1. The summed E-state index contributed by atoms with van der Waals surface area (Å²) in [4.78, 5) is 13.8. The van der Waals surface area contributed by atoms with Gasteiger partial charge in [-0.2, -0.15) is 9.97 Å². The zero-order chi connectivity index (χ0) is 22.1. The number of aliphatic hydroxyl groups is 1. The summed E-state index contributed by atoms with van der Waals surface area (Å²) in [5.41, 5.74) is 2.06. The second kappa shape index (κ2) is 8.47. The summed E-state index contributed by atoms with van der Waals surface area (Å²) in [5, 5.41) is 27.4. The van der Waals surface area contributed by atoms with E-state index in [2.05, 4.69) is 39.4 Å². The van der Waals surface area contributed by atoms with Gasteiger partial charge in [0.15, 0.2) is 17.0 Å². The van der Waals surface area contributed by atoms with Crippen LogP contribution in [0.5, 0.6) is 5.75 Å². The number of para-hydroxylation sites is 1. The van der Waals surface area contributed by atoms with Crippen molar-refractivity contribution in [2.45, 2.75) is 72.2 Å². The molecule has 0 aliphatic heterocycles. The Labute approximate surface area is 177 Å². The average Bonchev–Trinajstić information content (AvgIpc) is 3.10. The molecule has 0 aliphatic rings. The highest BCUT2D eigenvalue weighted by Crippen LogP contribution is 2.27. The van der Waals surface area contributed by atoms with Crippen molar-refractivity contribution in [3.05, 3.63) is 35.7 Å². The van der Waals surface area contributed by atoms with Crippen LogP contribution in [-0.2, 0) is 6.54 Å². The number of imidazole rings is 1. The first-order chi connectivity index (χ1) is 14.1. The first-order valence-corrected chi connectivity index (χ1v) is 10.4. The van der Waals surface area contributed by atoms with Gasteiger partial charge in [-0.25, -0.2) is 4.98 Å². The highest BCUT2D eigenvalue weighted by atomic mass is 16.3. The first kappa shape index (κ1) is 21.8. The Bertz CT molecular complexity index is 1020. The van der Waals surface area contributed by atoms with Crippen molar-refractivity contribution in [2.75, 3.05) is 10.6 Å². The molecule has 0 saturated heterocycles. The van der Waals surface area contributed by atoms with E-state index in [1.807, 2.05) is 36.6 Å². The predicted octanol–water partition coefficient (Wildman–Crippen LogP) is 3.99. The summed E-state index contributed by atoms with van der Waals surface area (Å²) in [7, 11) is 0. The van der Waals surface area contributed by atoms with Gasteiger partial charge in [-0.3, -0.25) is 0 Å². The lowest BCUT2D eigenvalue weighted by Crippen LogP contribution is -2.41. The molecule has 0 spiro atoms. The molecule has 4 N–H and O–H groups in total. The summed E-state index contributed by atoms with van der Waals surface area (Å²) >= 11 is 0. The molecular formula is C22H32N6O2. The van der Waals surface area contributed by atoms with E-state index >= 15 is 0 Å². The van der Waals surface area contributed by atoms with Crippen LogP contribution in [0.3, 0.4) is 0 Å². The van der Waals surface area contributed by atoms with E-state index in [0.717, 1.165) is 11.1 Å². The smallest absolute Gasteiger partial charge is 0.227 e. The second-order valence-electron chi connectivity index (χ2n) is 8.51. The van der Waals surface area contributed by atoms with E-state index in [9.17, 15) is 10.2 Å². The number of phenolic OH excluding ortho intramolecular Hbond substituents is 1. The van der Waals surface area contributed by atoms with E-state index in [-0.39, 0.29) is 17.8 Å². The van der Waals surface area contributed by atoms with Gasteiger partial charge >= 0.3 is 0 Å². The highest BCUT2D eigenvalue weighted by Gasteiger charge is 2.26. The minimum Gasteiger partial charge on any atom is -0.507 e. The molecule has 0 fully saturated rings. The fraction of sp³-hybridized carbons (Fsp3) is 0.500. The summed E-state index contributed by atoms with van der Waals surface area (Å²) in [5.74, 6) is 1.28. The number of hydrogen-bond donors (Lipinski definition) is 4. The van der Waals surface area contributed by atoms with Gasteiger partial charge in [0.1, 0.15) is 5.75 Å². The van der Waals surface area contributed by atoms with Gasteiger partial charge < -0.3 is 25.4 Å². The van der Waals surface area contributed by atoms with Gasteiger partial charge in [0.05, 0.1) is 18.0 Å². The third kappa shape index (κ3) is 4.48. The number of nitrogens with zero attached hydrogens (tertiary/aromatic N) is 4. The van der Waals surface area contributed by atoms with Crippen molar-refractivity contribution in [3.63, 3.8) is 0 Å². The molecule has 8 nitrogen and oxygen atoms in total. The molecule has 162 valence electrons. The minimum atomic E-state index is -0.924. The Morgan fingerprint density at radius 3 is 2.57 bits per heavy atom. The predicted molar refractivity (Wildman–Crippen MR) is 120 cm³/mol. The molecule has 2 heterocycles. The van der Waals surface area contributed by atoms with Crippen molar-refractivity contribution in [2.24, 2.45) is 0 Å². The van der Waals surface area contributed by atoms with Crippen molar-refractivity contribution in [1.82, 2.24) is 19.5 Å². The van der Waals surface area contributed by atoms with E-state index in [1.165, 1.54) is 0 Å². The van der Waals surface area contributed by atoms with Crippen LogP contribution in [-0.4, -0.2) is 41.4 Å². The molecule has 8 heteroatoms. The topological polar surface area (TPSA) is 108 Å². The molecule has 0 amide bonds. The molecule has 30 heavy (non-hydrogen) atoms. The lowest BCUT2D eigenvalue weighted by atomic mass is 9.97. The third-order valence-corrected chi connectivity index (χ3v) is 5.31. The van der Waals surface area contributed by atoms with Gasteiger partial charge in [-0.05, 0) is 46.6 Å². The van der Waals surface area contributed by atoms with Crippen LogP contribution in [0, 0.1) is 6.92 Å². The van der Waals surface area contributed by atoms with E-state index in [1.54, 1.807) is 20.2 Å². The Morgan fingerprint density at radius 2 is 1.93 bits per heavy atom. The minimum absolute atomic E-state index is 0.183. The van der Waals surface area contributed by atoms with Gasteiger partial charge in [0.2, 0.25) is 5.95 Å². The van der Waals surface area contributed by atoms with Crippen molar-refractivity contribution in [3.8, 4) is 5.75 Å². The lowest BCUT2D eigenvalue weighted by Gasteiger charge is -2.29.